The smallest absolute Gasteiger partial charge is 0.0101 e. The summed E-state index contributed by atoms with van der Waals surface area (Å²) in [6.07, 6.45) is 3.53. The third-order valence-electron chi connectivity index (χ3n) is 4.37. The van der Waals surface area contributed by atoms with Gasteiger partial charge in [0.2, 0.25) is 0 Å². The highest BCUT2D eigenvalue weighted by atomic mass is 32.1. The standard InChI is InChI=1S/C22H25NS/c1-3-9-19(10-4-1)22(20-11-5-2-6-12-20)15-17-23-16-7-13-21-14-8-18-24-21/h1-6,8-12,14,18,22-23H,7,13,15-17H2. The van der Waals surface area contributed by atoms with E-state index in [0.717, 1.165) is 19.5 Å². The van der Waals surface area contributed by atoms with E-state index < -0.39 is 0 Å². The molecular weight excluding hydrogens is 310 g/mol. The van der Waals surface area contributed by atoms with Crippen molar-refractivity contribution in [2.45, 2.75) is 25.2 Å². The van der Waals surface area contributed by atoms with E-state index in [-0.39, 0.29) is 0 Å². The molecule has 0 bridgehead atoms. The topological polar surface area (TPSA) is 12.0 Å². The Morgan fingerprint density at radius 2 is 1.42 bits per heavy atom. The number of hydrogen-bond donors (Lipinski definition) is 1. The average Bonchev–Trinajstić information content (AvgIpc) is 3.16. The molecule has 0 radical (unpaired) electrons. The molecule has 0 unspecified atom stereocenters. The predicted molar refractivity (Wildman–Crippen MR) is 105 cm³/mol. The van der Waals surface area contributed by atoms with E-state index in [1.807, 2.05) is 11.3 Å². The summed E-state index contributed by atoms with van der Waals surface area (Å²) in [5.74, 6) is 0.470. The van der Waals surface area contributed by atoms with Gasteiger partial charge in [0.1, 0.15) is 0 Å². The second-order valence-corrected chi connectivity index (χ2v) is 7.13. The van der Waals surface area contributed by atoms with Crippen LogP contribution in [0.3, 0.4) is 0 Å². The number of nitrogens with one attached hydrogen (secondary N) is 1. The van der Waals surface area contributed by atoms with Crippen molar-refractivity contribution in [3.8, 4) is 0 Å². The lowest BCUT2D eigenvalue weighted by atomic mass is 9.88. The zero-order valence-electron chi connectivity index (χ0n) is 14.0. The molecule has 1 nitrogen and oxygen atoms in total. The van der Waals surface area contributed by atoms with E-state index in [9.17, 15) is 0 Å². The summed E-state index contributed by atoms with van der Waals surface area (Å²) in [5.41, 5.74) is 2.81. The van der Waals surface area contributed by atoms with Crippen LogP contribution in [0.5, 0.6) is 0 Å². The van der Waals surface area contributed by atoms with Gasteiger partial charge in [-0.3, -0.25) is 0 Å². The minimum Gasteiger partial charge on any atom is -0.317 e. The van der Waals surface area contributed by atoms with Crippen LogP contribution < -0.4 is 5.32 Å². The molecule has 0 saturated heterocycles. The van der Waals surface area contributed by atoms with Crippen molar-refractivity contribution in [2.24, 2.45) is 0 Å². The van der Waals surface area contributed by atoms with Gasteiger partial charge in [-0.1, -0.05) is 66.7 Å². The first-order valence-corrected chi connectivity index (χ1v) is 9.64. The van der Waals surface area contributed by atoms with Crippen LogP contribution in [0.2, 0.25) is 0 Å². The van der Waals surface area contributed by atoms with E-state index in [4.69, 9.17) is 0 Å². The van der Waals surface area contributed by atoms with Gasteiger partial charge in [-0.15, -0.1) is 11.3 Å². The SMILES string of the molecule is c1ccc(C(CCNCCCc2cccs2)c2ccccc2)cc1. The van der Waals surface area contributed by atoms with E-state index >= 15 is 0 Å². The number of aryl methyl sites for hydroxylation is 1. The van der Waals surface area contributed by atoms with E-state index in [1.165, 1.54) is 28.8 Å². The molecule has 0 aliphatic rings. The van der Waals surface area contributed by atoms with Gasteiger partial charge >= 0.3 is 0 Å². The number of rotatable bonds is 9. The van der Waals surface area contributed by atoms with Crippen LogP contribution >= 0.6 is 11.3 Å². The van der Waals surface area contributed by atoms with Crippen molar-refractivity contribution < 1.29 is 0 Å². The lowest BCUT2D eigenvalue weighted by Gasteiger charge is -2.18. The lowest BCUT2D eigenvalue weighted by molar-refractivity contribution is 0.596. The summed E-state index contributed by atoms with van der Waals surface area (Å²) in [5, 5.41) is 5.78. The zero-order valence-corrected chi connectivity index (χ0v) is 14.8. The van der Waals surface area contributed by atoms with Crippen molar-refractivity contribution in [2.75, 3.05) is 13.1 Å². The molecule has 3 aromatic rings. The first-order chi connectivity index (χ1) is 11.9. The maximum absolute atomic E-state index is 3.62. The first-order valence-electron chi connectivity index (χ1n) is 8.76. The molecule has 0 atom stereocenters. The Bertz CT molecular complexity index is 637. The molecule has 0 amide bonds. The van der Waals surface area contributed by atoms with Gasteiger partial charge in [-0.25, -0.2) is 0 Å². The molecule has 2 aromatic carbocycles. The Hall–Kier alpha value is -1.90. The average molecular weight is 336 g/mol. The highest BCUT2D eigenvalue weighted by Gasteiger charge is 2.13. The molecule has 3 rings (SSSR count). The number of benzene rings is 2. The molecule has 0 aliphatic heterocycles. The van der Waals surface area contributed by atoms with E-state index in [2.05, 4.69) is 83.5 Å². The molecule has 0 saturated carbocycles. The summed E-state index contributed by atoms with van der Waals surface area (Å²) in [4.78, 5) is 1.49. The third-order valence-corrected chi connectivity index (χ3v) is 5.31. The zero-order chi connectivity index (χ0) is 16.5. The molecule has 1 aromatic heterocycles. The summed E-state index contributed by atoms with van der Waals surface area (Å²) >= 11 is 1.86. The summed E-state index contributed by atoms with van der Waals surface area (Å²) in [6, 6.07) is 26.1. The van der Waals surface area contributed by atoms with Gasteiger partial charge in [-0.2, -0.15) is 0 Å². The molecule has 1 N–H and O–H groups in total. The summed E-state index contributed by atoms with van der Waals surface area (Å²) in [6.45, 7) is 2.15. The van der Waals surface area contributed by atoms with Crippen molar-refractivity contribution in [3.05, 3.63) is 94.2 Å². The lowest BCUT2D eigenvalue weighted by Crippen LogP contribution is -2.19. The number of hydrogen-bond acceptors (Lipinski definition) is 2. The van der Waals surface area contributed by atoms with Crippen molar-refractivity contribution >= 4 is 11.3 Å². The molecule has 0 fully saturated rings. The Morgan fingerprint density at radius 3 is 2.00 bits per heavy atom. The maximum Gasteiger partial charge on any atom is 0.0101 e. The van der Waals surface area contributed by atoms with Crippen molar-refractivity contribution in [1.82, 2.24) is 5.32 Å². The molecule has 0 spiro atoms. The monoisotopic (exact) mass is 335 g/mol. The first kappa shape index (κ1) is 16.9. The van der Waals surface area contributed by atoms with Gasteiger partial charge in [0.15, 0.2) is 0 Å². The van der Waals surface area contributed by atoms with Crippen LogP contribution in [-0.4, -0.2) is 13.1 Å². The van der Waals surface area contributed by atoms with E-state index in [1.54, 1.807) is 0 Å². The Kier molecular flexibility index (Phi) is 6.64. The van der Waals surface area contributed by atoms with Gasteiger partial charge in [0, 0.05) is 10.8 Å². The summed E-state index contributed by atoms with van der Waals surface area (Å²) in [7, 11) is 0. The van der Waals surface area contributed by atoms with Gasteiger partial charge in [0.25, 0.3) is 0 Å². The quantitative estimate of drug-likeness (QED) is 0.510. The van der Waals surface area contributed by atoms with Crippen LogP contribution in [0, 0.1) is 0 Å². The van der Waals surface area contributed by atoms with E-state index in [0.29, 0.717) is 5.92 Å². The highest BCUT2D eigenvalue weighted by molar-refractivity contribution is 7.09. The van der Waals surface area contributed by atoms with Gasteiger partial charge in [0.05, 0.1) is 0 Å². The normalized spacial score (nSPS) is 11.0. The Balaban J connectivity index is 1.49. The minimum atomic E-state index is 0.470. The van der Waals surface area contributed by atoms with Crippen LogP contribution in [-0.2, 0) is 6.42 Å². The highest BCUT2D eigenvalue weighted by Crippen LogP contribution is 2.27. The van der Waals surface area contributed by atoms with Crippen LogP contribution in [0.25, 0.3) is 0 Å². The molecule has 124 valence electrons. The second-order valence-electron chi connectivity index (χ2n) is 6.10. The van der Waals surface area contributed by atoms with Gasteiger partial charge in [-0.05, 0) is 54.9 Å². The maximum atomic E-state index is 3.62. The molecule has 24 heavy (non-hydrogen) atoms. The summed E-state index contributed by atoms with van der Waals surface area (Å²) < 4.78 is 0. The third kappa shape index (κ3) is 5.05. The fourth-order valence-electron chi connectivity index (χ4n) is 3.11. The number of thiophene rings is 1. The fraction of sp³-hybridized carbons (Fsp3) is 0.273. The Labute approximate surface area is 149 Å². The van der Waals surface area contributed by atoms with Crippen molar-refractivity contribution in [1.29, 1.82) is 0 Å². The van der Waals surface area contributed by atoms with Crippen molar-refractivity contribution in [3.63, 3.8) is 0 Å². The largest absolute Gasteiger partial charge is 0.317 e. The molecule has 1 heterocycles. The predicted octanol–water partition coefficient (Wildman–Crippen LogP) is 5.49. The minimum absolute atomic E-state index is 0.470. The van der Waals surface area contributed by atoms with Gasteiger partial charge < -0.3 is 5.32 Å². The van der Waals surface area contributed by atoms with Crippen LogP contribution in [0.4, 0.5) is 0 Å². The Morgan fingerprint density at radius 1 is 0.750 bits per heavy atom. The van der Waals surface area contributed by atoms with Crippen LogP contribution in [0.15, 0.2) is 78.2 Å². The molecule has 2 heteroatoms. The fourth-order valence-corrected chi connectivity index (χ4v) is 3.86. The second kappa shape index (κ2) is 9.41. The molecule has 0 aliphatic carbocycles. The van der Waals surface area contributed by atoms with Crippen LogP contribution in [0.1, 0.15) is 34.8 Å². The molecular formula is C22H25NS.